The third-order valence-electron chi connectivity index (χ3n) is 17.1. The third kappa shape index (κ3) is 37.6. The van der Waals surface area contributed by atoms with Crippen molar-refractivity contribution in [2.24, 2.45) is 0 Å². The fraction of sp³-hybridized carbons (Fsp3) is 0.218. The molecule has 0 saturated heterocycles. The Morgan fingerprint density at radius 2 is 0.524 bits per heavy atom. The fourth-order valence-electron chi connectivity index (χ4n) is 10.6. The predicted molar refractivity (Wildman–Crippen MR) is 497 cm³/mol. The minimum absolute atomic E-state index is 0.775. The zero-order chi connectivity index (χ0) is 89.7. The second kappa shape index (κ2) is 51.6. The molecule has 0 bridgehead atoms. The zero-order valence-corrected chi connectivity index (χ0v) is 75.3. The maximum atomic E-state index is 4.42. The number of aromatic nitrogens is 23. The smallest absolute Gasteiger partial charge is 0.129 e. The van der Waals surface area contributed by atoms with E-state index in [2.05, 4.69) is 165 Å². The highest BCUT2D eigenvalue weighted by atomic mass is 15.0. The highest BCUT2D eigenvalue weighted by Crippen LogP contribution is 2.23. The Bertz CT molecular complexity index is 5060. The van der Waals surface area contributed by atoms with Gasteiger partial charge < -0.3 is 0 Å². The van der Waals surface area contributed by atoms with E-state index in [9.17, 15) is 0 Å². The van der Waals surface area contributed by atoms with Crippen LogP contribution in [0, 0.1) is 152 Å². The molecule has 0 spiro atoms. The monoisotopic (exact) mass is 1650 g/mol. The lowest BCUT2D eigenvalue weighted by molar-refractivity contribution is 0.920. The fourth-order valence-corrected chi connectivity index (χ4v) is 10.6. The summed E-state index contributed by atoms with van der Waals surface area (Å²) in [5, 5.41) is 0. The second-order valence-electron chi connectivity index (χ2n) is 29.2. The van der Waals surface area contributed by atoms with E-state index in [1.165, 1.54) is 50.8 Å². The van der Waals surface area contributed by atoms with Crippen molar-refractivity contribution in [2.75, 3.05) is 0 Å². The second-order valence-corrected chi connectivity index (χ2v) is 29.2. The molecule has 0 aromatic carbocycles. The number of rotatable bonds is 6. The average Bonchev–Trinajstić information content (AvgIpc) is 0.856. The van der Waals surface area contributed by atoms with Gasteiger partial charge in [-0.1, -0.05) is 36.4 Å². The predicted octanol–water partition coefficient (Wildman–Crippen LogP) is 21.4. The number of hydrogen-bond donors (Lipinski definition) is 0. The molecule has 0 N–H and O–H groups in total. The molecule has 0 aliphatic carbocycles. The summed E-state index contributed by atoms with van der Waals surface area (Å²) in [5.41, 5.74) is 32.8. The molecule has 17 aromatic rings. The van der Waals surface area contributed by atoms with Gasteiger partial charge in [0.2, 0.25) is 0 Å². The minimum Gasteiger partial charge on any atom is -0.264 e. The summed E-state index contributed by atoms with van der Waals surface area (Å²) in [7, 11) is 0. The Balaban J connectivity index is 0.000000189. The number of nitrogens with zero attached hydrogens (tertiary/aromatic N) is 23. The van der Waals surface area contributed by atoms with Crippen molar-refractivity contribution >= 4 is 0 Å². The number of pyridine rings is 12. The van der Waals surface area contributed by atoms with Crippen molar-refractivity contribution < 1.29 is 0 Å². The van der Waals surface area contributed by atoms with Crippen molar-refractivity contribution in [2.45, 2.75) is 152 Å². The van der Waals surface area contributed by atoms with E-state index in [0.717, 1.165) is 148 Å². The highest BCUT2D eigenvalue weighted by Gasteiger charge is 2.06. The van der Waals surface area contributed by atoms with Gasteiger partial charge in [0.1, 0.15) is 30.1 Å². The van der Waals surface area contributed by atoms with Crippen molar-refractivity contribution in [3.05, 3.63) is 401 Å². The van der Waals surface area contributed by atoms with Gasteiger partial charge in [-0.25, -0.2) is 34.9 Å². The van der Waals surface area contributed by atoms with Crippen molar-refractivity contribution in [3.63, 3.8) is 0 Å². The molecule has 630 valence electrons. The molecule has 0 saturated carbocycles. The molecule has 23 heteroatoms. The van der Waals surface area contributed by atoms with Crippen LogP contribution in [-0.2, 0) is 0 Å². The van der Waals surface area contributed by atoms with Crippen molar-refractivity contribution in [1.82, 2.24) is 115 Å². The lowest BCUT2D eigenvalue weighted by Crippen LogP contribution is -1.91. The summed E-state index contributed by atoms with van der Waals surface area (Å²) >= 11 is 0. The molecule has 0 fully saturated rings. The van der Waals surface area contributed by atoms with Crippen LogP contribution in [0.4, 0.5) is 0 Å². The molecule has 0 radical (unpaired) electrons. The van der Waals surface area contributed by atoms with Gasteiger partial charge in [0.25, 0.3) is 0 Å². The summed E-state index contributed by atoms with van der Waals surface area (Å²) in [6.07, 6.45) is 35.9. The summed E-state index contributed by atoms with van der Waals surface area (Å²) in [5.74, 6) is 2.38. The molecule has 124 heavy (non-hydrogen) atoms. The van der Waals surface area contributed by atoms with E-state index in [1.54, 1.807) is 31.1 Å². The topological polar surface area (TPSA) is 296 Å². The summed E-state index contributed by atoms with van der Waals surface area (Å²) in [6.45, 7) is 43.3. The van der Waals surface area contributed by atoms with Gasteiger partial charge in [0.05, 0.1) is 56.9 Å². The summed E-state index contributed by atoms with van der Waals surface area (Å²) in [4.78, 5) is 94.7. The highest BCUT2D eigenvalue weighted by molar-refractivity contribution is 5.65. The molecular weight excluding hydrogens is 1540 g/mol. The van der Waals surface area contributed by atoms with Gasteiger partial charge in [-0.2, -0.15) is 0 Å². The Kier molecular flexibility index (Phi) is 40.0. The minimum atomic E-state index is 0.775. The van der Waals surface area contributed by atoms with E-state index < -0.39 is 0 Å². The van der Waals surface area contributed by atoms with Crippen LogP contribution in [0.1, 0.15) is 125 Å². The Hall–Kier alpha value is -14.9. The van der Waals surface area contributed by atoms with E-state index >= 15 is 0 Å². The van der Waals surface area contributed by atoms with Crippen molar-refractivity contribution in [1.29, 1.82) is 0 Å². The van der Waals surface area contributed by atoms with Gasteiger partial charge in [0.15, 0.2) is 0 Å². The zero-order valence-electron chi connectivity index (χ0n) is 75.3. The van der Waals surface area contributed by atoms with Crippen LogP contribution >= 0.6 is 0 Å². The molecule has 17 aromatic heterocycles. The molecule has 0 unspecified atom stereocenters. The number of aryl methyl sites for hydroxylation is 22. The largest absolute Gasteiger partial charge is 0.264 e. The first kappa shape index (κ1) is 96.3. The average molecular weight is 1650 g/mol. The van der Waals surface area contributed by atoms with Crippen LogP contribution in [0.2, 0.25) is 0 Å². The normalized spacial score (nSPS) is 9.85. The molecule has 0 aliphatic heterocycles. The molecule has 23 nitrogen and oxygen atoms in total. The van der Waals surface area contributed by atoms with Crippen LogP contribution in [0.5, 0.6) is 0 Å². The Morgan fingerprint density at radius 3 is 0.823 bits per heavy atom. The van der Waals surface area contributed by atoms with Crippen LogP contribution in [-0.4, -0.2) is 115 Å². The van der Waals surface area contributed by atoms with E-state index in [-0.39, 0.29) is 0 Å². The maximum absolute atomic E-state index is 4.42. The quantitative estimate of drug-likeness (QED) is 0.149. The lowest BCUT2D eigenvalue weighted by Gasteiger charge is -2.02. The van der Waals surface area contributed by atoms with Gasteiger partial charge in [0, 0.05) is 179 Å². The van der Waals surface area contributed by atoms with E-state index in [4.69, 9.17) is 0 Å². The summed E-state index contributed by atoms with van der Waals surface area (Å²) in [6, 6.07) is 50.6. The van der Waals surface area contributed by atoms with Crippen molar-refractivity contribution in [3.8, 4) is 67.5 Å². The first-order chi connectivity index (χ1) is 59.5. The third-order valence-corrected chi connectivity index (χ3v) is 17.1. The van der Waals surface area contributed by atoms with Crippen LogP contribution in [0.15, 0.2) is 276 Å². The SMILES string of the molecule is Cc1cc(-c2ccnc(C)c2)ccn1.Cc1cc(C)ncn1.Cc1ccc(-c2ccc(C)cn2)nc1.Cc1ccc(-c2ccc(C)nc2)cn1.Cc1cccc(-c2cccc(C)n2)n1.Cc1ccnc(-c2cc(C)ccn2)c1.Cc1cnc(C)cn1.Cc1cnc(C)cn1.Cc1cnc(C)nc1.Cc1cncc(-c2cncc(C)c2)c1.Cc1ncnc(C)n1. The summed E-state index contributed by atoms with van der Waals surface area (Å²) < 4.78 is 0. The maximum Gasteiger partial charge on any atom is 0.129 e. The molecule has 0 amide bonds. The van der Waals surface area contributed by atoms with E-state index in [1.807, 2.05) is 340 Å². The molecular formula is C101H111N23. The number of hydrogen-bond acceptors (Lipinski definition) is 23. The molecule has 0 atom stereocenters. The standard InChI is InChI=1S/6C12H12N2.4C6H8N2.C5H7N3/c1-9-3-11(7-13-5-9)12-4-10(2)6-14-8-12;1-9-7-11(3-5-13-9)12-4-6-14-10(2)8-12;1-9-3-5-11(7-13-9)12-6-4-10(2)14-8-12;1-9-3-5-13-11(7-9)12-8-10(2)4-6-14-12;1-9-3-5-11(13-7-9)12-6-4-10(2)8-14-12;1-9-5-3-7-11(13-9)12-8-4-6-10(2)14-12;2*1-5-3-8-6(2)4-7-5;1-5-3-6(2)8-4-7-5;1-5-3-7-6(2)8-4-5;1-4-6-3-7-5(2)8-4/h6*3-8H,1-2H3;4*3-4H,1-2H3;3H,1-2H3. The van der Waals surface area contributed by atoms with Gasteiger partial charge in [-0.05, 0) is 318 Å². The van der Waals surface area contributed by atoms with Crippen LogP contribution in [0.25, 0.3) is 67.5 Å². The van der Waals surface area contributed by atoms with Crippen LogP contribution < -0.4 is 0 Å². The Labute approximate surface area is 730 Å². The van der Waals surface area contributed by atoms with Gasteiger partial charge in [-0.15, -0.1) is 0 Å². The van der Waals surface area contributed by atoms with Gasteiger partial charge >= 0.3 is 0 Å². The first-order valence-electron chi connectivity index (χ1n) is 40.2. The molecule has 17 heterocycles. The van der Waals surface area contributed by atoms with E-state index in [0.29, 0.717) is 0 Å². The molecule has 0 aliphatic rings. The van der Waals surface area contributed by atoms with Crippen LogP contribution in [0.3, 0.4) is 0 Å². The first-order valence-corrected chi connectivity index (χ1v) is 40.2. The van der Waals surface area contributed by atoms with Gasteiger partial charge in [-0.3, -0.25) is 79.7 Å². The Morgan fingerprint density at radius 1 is 0.153 bits per heavy atom. The lowest BCUT2D eigenvalue weighted by atomic mass is 10.1. The molecule has 17 rings (SSSR count).